The van der Waals surface area contributed by atoms with E-state index in [1.54, 1.807) is 12.2 Å². The molecule has 0 aromatic heterocycles. The summed E-state index contributed by atoms with van der Waals surface area (Å²) in [6.07, 6.45) is 9.33. The highest BCUT2D eigenvalue weighted by atomic mass is 16.1. The van der Waals surface area contributed by atoms with Crippen LogP contribution in [0.5, 0.6) is 0 Å². The van der Waals surface area contributed by atoms with E-state index in [-0.39, 0.29) is 23.4 Å². The molecule has 0 fully saturated rings. The van der Waals surface area contributed by atoms with E-state index in [1.165, 1.54) is 0 Å². The quantitative estimate of drug-likeness (QED) is 0.545. The molecule has 22 heavy (non-hydrogen) atoms. The Hall–Kier alpha value is -1.18. The van der Waals surface area contributed by atoms with Crippen molar-refractivity contribution in [3.8, 4) is 0 Å². The lowest BCUT2D eigenvalue weighted by molar-refractivity contribution is -0.118. The van der Waals surface area contributed by atoms with E-state index in [0.717, 1.165) is 12.8 Å². The van der Waals surface area contributed by atoms with E-state index in [0.29, 0.717) is 11.8 Å². The Morgan fingerprint density at radius 2 is 0.909 bits per heavy atom. The van der Waals surface area contributed by atoms with Gasteiger partial charge in [-0.15, -0.1) is 0 Å². The van der Waals surface area contributed by atoms with Crippen molar-refractivity contribution in [1.29, 1.82) is 0 Å². The summed E-state index contributed by atoms with van der Waals surface area (Å²) < 4.78 is 0. The van der Waals surface area contributed by atoms with Crippen LogP contribution in [0.15, 0.2) is 24.3 Å². The van der Waals surface area contributed by atoms with Crippen LogP contribution in [0, 0.1) is 23.7 Å². The van der Waals surface area contributed by atoms with E-state index in [9.17, 15) is 9.59 Å². The largest absolute Gasteiger partial charge is 0.295 e. The van der Waals surface area contributed by atoms with E-state index in [2.05, 4.69) is 27.7 Å². The molecular weight excluding hydrogens is 272 g/mol. The molecule has 2 heteroatoms. The Balaban J connectivity index is 0. The smallest absolute Gasteiger partial charge is 0.157 e. The second-order valence-corrected chi connectivity index (χ2v) is 7.18. The van der Waals surface area contributed by atoms with Gasteiger partial charge in [-0.25, -0.2) is 0 Å². The van der Waals surface area contributed by atoms with E-state index < -0.39 is 0 Å². The lowest BCUT2D eigenvalue weighted by atomic mass is 10.1. The monoisotopic (exact) mass is 308 g/mol. The molecule has 0 bridgehead atoms. The molecule has 0 aliphatic carbocycles. The standard InChI is InChI=1S/2C10H18O/c2*1-8(2)6-5-7-10(11)9(3)4/h2*5,7-9H,6H2,1-4H3. The second-order valence-electron chi connectivity index (χ2n) is 7.18. The Morgan fingerprint density at radius 1 is 0.636 bits per heavy atom. The van der Waals surface area contributed by atoms with Crippen LogP contribution >= 0.6 is 0 Å². The van der Waals surface area contributed by atoms with E-state index in [4.69, 9.17) is 0 Å². The maximum Gasteiger partial charge on any atom is 0.157 e. The fourth-order valence-electron chi connectivity index (χ4n) is 1.30. The highest BCUT2D eigenvalue weighted by Crippen LogP contribution is 2.02. The van der Waals surface area contributed by atoms with Crippen LogP contribution in [-0.4, -0.2) is 11.6 Å². The van der Waals surface area contributed by atoms with Crippen LogP contribution in [-0.2, 0) is 9.59 Å². The summed E-state index contributed by atoms with van der Waals surface area (Å²) in [5.41, 5.74) is 0. The number of carbonyl (C=O) groups excluding carboxylic acids is 2. The molecule has 0 unspecified atom stereocenters. The predicted molar refractivity (Wildman–Crippen MR) is 96.9 cm³/mol. The van der Waals surface area contributed by atoms with Crippen LogP contribution in [0.2, 0.25) is 0 Å². The number of hydrogen-bond acceptors (Lipinski definition) is 2. The van der Waals surface area contributed by atoms with Gasteiger partial charge in [0, 0.05) is 11.8 Å². The van der Waals surface area contributed by atoms with Gasteiger partial charge in [0.05, 0.1) is 0 Å². The zero-order valence-electron chi connectivity index (χ0n) is 15.8. The molecule has 0 saturated heterocycles. The minimum Gasteiger partial charge on any atom is -0.295 e. The summed E-state index contributed by atoms with van der Waals surface area (Å²) in [5, 5.41) is 0. The molecular formula is C20H36O2. The Kier molecular flexibility index (Phi) is 14.1. The minimum absolute atomic E-state index is 0.137. The van der Waals surface area contributed by atoms with Gasteiger partial charge in [-0.3, -0.25) is 9.59 Å². The fourth-order valence-corrected chi connectivity index (χ4v) is 1.30. The van der Waals surface area contributed by atoms with Crippen LogP contribution in [0.3, 0.4) is 0 Å². The molecule has 0 radical (unpaired) electrons. The first-order valence-corrected chi connectivity index (χ1v) is 8.48. The maximum absolute atomic E-state index is 11.0. The van der Waals surface area contributed by atoms with Gasteiger partial charge in [-0.2, -0.15) is 0 Å². The molecule has 0 aromatic rings. The van der Waals surface area contributed by atoms with Crippen molar-refractivity contribution >= 4 is 11.6 Å². The maximum atomic E-state index is 11.0. The van der Waals surface area contributed by atoms with Gasteiger partial charge in [0.1, 0.15) is 0 Å². The first kappa shape index (κ1) is 23.1. The van der Waals surface area contributed by atoms with Crippen molar-refractivity contribution in [2.75, 3.05) is 0 Å². The molecule has 2 nitrogen and oxygen atoms in total. The molecule has 0 rings (SSSR count). The molecule has 0 heterocycles. The van der Waals surface area contributed by atoms with Crippen LogP contribution in [0.25, 0.3) is 0 Å². The van der Waals surface area contributed by atoms with Crippen molar-refractivity contribution in [1.82, 2.24) is 0 Å². The average molecular weight is 309 g/mol. The molecule has 0 spiro atoms. The van der Waals surface area contributed by atoms with Gasteiger partial charge in [-0.05, 0) is 36.8 Å². The van der Waals surface area contributed by atoms with E-state index in [1.807, 2.05) is 39.8 Å². The second kappa shape index (κ2) is 13.5. The zero-order chi connectivity index (χ0) is 17.7. The van der Waals surface area contributed by atoms with Crippen LogP contribution in [0.1, 0.15) is 68.2 Å². The SMILES string of the molecule is CC(C)CC=CC(=O)C(C)C.CC(C)CC=CC(=O)C(C)C. The number of rotatable bonds is 8. The van der Waals surface area contributed by atoms with Crippen LogP contribution in [0.4, 0.5) is 0 Å². The third-order valence-corrected chi connectivity index (χ3v) is 2.92. The van der Waals surface area contributed by atoms with Gasteiger partial charge >= 0.3 is 0 Å². The Labute approximate surface area is 138 Å². The molecule has 0 amide bonds. The van der Waals surface area contributed by atoms with Gasteiger partial charge in [-0.1, -0.05) is 67.5 Å². The third kappa shape index (κ3) is 16.9. The van der Waals surface area contributed by atoms with Crippen molar-refractivity contribution in [2.24, 2.45) is 23.7 Å². The van der Waals surface area contributed by atoms with Crippen molar-refractivity contribution in [2.45, 2.75) is 68.2 Å². The molecule has 0 aliphatic rings. The molecule has 0 aromatic carbocycles. The summed E-state index contributed by atoms with van der Waals surface area (Å²) in [4.78, 5) is 22.1. The first-order valence-electron chi connectivity index (χ1n) is 8.48. The lowest BCUT2D eigenvalue weighted by Crippen LogP contribution is -2.02. The van der Waals surface area contributed by atoms with Gasteiger partial charge in [0.2, 0.25) is 0 Å². The average Bonchev–Trinajstić information content (AvgIpc) is 2.38. The number of carbonyl (C=O) groups is 2. The van der Waals surface area contributed by atoms with Crippen LogP contribution < -0.4 is 0 Å². The predicted octanol–water partition coefficient (Wildman–Crippen LogP) is 5.63. The Bertz CT molecular complexity index is 322. The number of ketones is 2. The molecule has 0 atom stereocenters. The molecule has 0 aliphatic heterocycles. The van der Waals surface area contributed by atoms with Crippen molar-refractivity contribution in [3.05, 3.63) is 24.3 Å². The third-order valence-electron chi connectivity index (χ3n) is 2.92. The first-order chi connectivity index (χ1) is 10.1. The lowest BCUT2D eigenvalue weighted by Gasteiger charge is -1.98. The highest BCUT2D eigenvalue weighted by molar-refractivity contribution is 5.91. The summed E-state index contributed by atoms with van der Waals surface area (Å²) in [7, 11) is 0. The topological polar surface area (TPSA) is 34.1 Å². The summed E-state index contributed by atoms with van der Waals surface area (Å²) in [6, 6.07) is 0. The normalized spacial score (nSPS) is 11.8. The molecule has 128 valence electrons. The summed E-state index contributed by atoms with van der Waals surface area (Å²) in [5.74, 6) is 2.02. The van der Waals surface area contributed by atoms with Gasteiger partial charge < -0.3 is 0 Å². The van der Waals surface area contributed by atoms with Gasteiger partial charge in [0.15, 0.2) is 11.6 Å². The number of allylic oxidation sites excluding steroid dienone is 4. The van der Waals surface area contributed by atoms with Crippen molar-refractivity contribution < 1.29 is 9.59 Å². The summed E-state index contributed by atoms with van der Waals surface area (Å²) >= 11 is 0. The van der Waals surface area contributed by atoms with Gasteiger partial charge in [0.25, 0.3) is 0 Å². The minimum atomic E-state index is 0.137. The zero-order valence-corrected chi connectivity index (χ0v) is 15.8. The highest BCUT2D eigenvalue weighted by Gasteiger charge is 2.01. The molecule has 0 saturated carbocycles. The molecule has 0 N–H and O–H groups in total. The Morgan fingerprint density at radius 3 is 1.09 bits per heavy atom. The number of hydrogen-bond donors (Lipinski definition) is 0. The van der Waals surface area contributed by atoms with Crippen molar-refractivity contribution in [3.63, 3.8) is 0 Å². The summed E-state index contributed by atoms with van der Waals surface area (Å²) in [6.45, 7) is 16.2. The van der Waals surface area contributed by atoms with E-state index >= 15 is 0 Å². The fraction of sp³-hybridized carbons (Fsp3) is 0.700.